The second-order valence-electron chi connectivity index (χ2n) is 4.93. The third-order valence-electron chi connectivity index (χ3n) is 2.76. The van der Waals surface area contributed by atoms with Crippen LogP contribution in [-0.2, 0) is 0 Å². The Labute approximate surface area is 109 Å². The van der Waals surface area contributed by atoms with Crippen molar-refractivity contribution in [1.82, 2.24) is 0 Å². The Kier molecular flexibility index (Phi) is 6.03. The standard InChI is InChI=1S/C14H23NOS/c1-12-6-5-7-13(10-12)17-9-4-3-8-14(2,15)11-16/h5-7,10,16H,3-4,8-9,11,15H2,1-2H3. The van der Waals surface area contributed by atoms with E-state index in [4.69, 9.17) is 10.8 Å². The molecule has 0 radical (unpaired) electrons. The maximum Gasteiger partial charge on any atom is 0.0608 e. The molecule has 1 rings (SSSR count). The molecule has 0 bridgehead atoms. The lowest BCUT2D eigenvalue weighted by atomic mass is 9.98. The molecule has 1 aromatic carbocycles. The topological polar surface area (TPSA) is 46.2 Å². The van der Waals surface area contributed by atoms with Crippen molar-refractivity contribution in [3.8, 4) is 0 Å². The summed E-state index contributed by atoms with van der Waals surface area (Å²) in [6.45, 7) is 4.09. The first kappa shape index (κ1) is 14.6. The molecule has 0 fully saturated rings. The van der Waals surface area contributed by atoms with E-state index in [-0.39, 0.29) is 6.61 Å². The van der Waals surface area contributed by atoms with Crippen LogP contribution in [0.2, 0.25) is 0 Å². The predicted molar refractivity (Wildman–Crippen MR) is 75.4 cm³/mol. The molecular weight excluding hydrogens is 230 g/mol. The number of thioether (sulfide) groups is 1. The van der Waals surface area contributed by atoms with E-state index < -0.39 is 5.54 Å². The van der Waals surface area contributed by atoms with Crippen LogP contribution in [0.4, 0.5) is 0 Å². The zero-order valence-corrected chi connectivity index (χ0v) is 11.6. The average molecular weight is 253 g/mol. The number of unbranched alkanes of at least 4 members (excludes halogenated alkanes) is 1. The largest absolute Gasteiger partial charge is 0.394 e. The van der Waals surface area contributed by atoms with E-state index in [0.29, 0.717) is 0 Å². The van der Waals surface area contributed by atoms with Gasteiger partial charge in [-0.3, -0.25) is 0 Å². The molecule has 0 saturated carbocycles. The quantitative estimate of drug-likeness (QED) is 0.580. The average Bonchev–Trinajstić information content (AvgIpc) is 2.29. The van der Waals surface area contributed by atoms with Crippen molar-refractivity contribution in [2.75, 3.05) is 12.4 Å². The summed E-state index contributed by atoms with van der Waals surface area (Å²) in [6, 6.07) is 8.58. The predicted octanol–water partition coefficient (Wildman–Crippen LogP) is 2.97. The highest BCUT2D eigenvalue weighted by atomic mass is 32.2. The normalized spacial score (nSPS) is 14.6. The summed E-state index contributed by atoms with van der Waals surface area (Å²) in [5.41, 5.74) is 6.77. The molecule has 17 heavy (non-hydrogen) atoms. The number of aliphatic hydroxyl groups is 1. The van der Waals surface area contributed by atoms with Gasteiger partial charge in [0.1, 0.15) is 0 Å². The van der Waals surface area contributed by atoms with E-state index in [1.165, 1.54) is 10.5 Å². The fraction of sp³-hybridized carbons (Fsp3) is 0.571. The number of aliphatic hydroxyl groups excluding tert-OH is 1. The summed E-state index contributed by atoms with van der Waals surface area (Å²) in [7, 11) is 0. The zero-order chi connectivity index (χ0) is 12.7. The van der Waals surface area contributed by atoms with Crippen LogP contribution in [0.1, 0.15) is 31.7 Å². The van der Waals surface area contributed by atoms with Crippen molar-refractivity contribution in [1.29, 1.82) is 0 Å². The van der Waals surface area contributed by atoms with E-state index >= 15 is 0 Å². The summed E-state index contributed by atoms with van der Waals surface area (Å²) >= 11 is 1.89. The Morgan fingerprint density at radius 1 is 1.35 bits per heavy atom. The first-order valence-electron chi connectivity index (χ1n) is 6.13. The molecule has 0 spiro atoms. The number of aryl methyl sites for hydroxylation is 1. The summed E-state index contributed by atoms with van der Waals surface area (Å²) in [6.07, 6.45) is 3.11. The van der Waals surface area contributed by atoms with Crippen molar-refractivity contribution in [2.24, 2.45) is 5.73 Å². The van der Waals surface area contributed by atoms with Crippen LogP contribution in [-0.4, -0.2) is 23.0 Å². The highest BCUT2D eigenvalue weighted by Crippen LogP contribution is 2.21. The Hall–Kier alpha value is -0.510. The van der Waals surface area contributed by atoms with Crippen LogP contribution >= 0.6 is 11.8 Å². The molecule has 0 amide bonds. The van der Waals surface area contributed by atoms with E-state index in [1.807, 2.05) is 18.7 Å². The molecule has 1 atom stereocenters. The maximum absolute atomic E-state index is 9.03. The van der Waals surface area contributed by atoms with Gasteiger partial charge in [-0.2, -0.15) is 0 Å². The van der Waals surface area contributed by atoms with E-state index in [0.717, 1.165) is 25.0 Å². The van der Waals surface area contributed by atoms with E-state index in [2.05, 4.69) is 31.2 Å². The van der Waals surface area contributed by atoms with Gasteiger partial charge in [0.2, 0.25) is 0 Å². The Balaban J connectivity index is 2.17. The highest BCUT2D eigenvalue weighted by Gasteiger charge is 2.15. The van der Waals surface area contributed by atoms with Gasteiger partial charge in [0.05, 0.1) is 6.61 Å². The molecule has 1 unspecified atom stereocenters. The summed E-state index contributed by atoms with van der Waals surface area (Å²) in [5.74, 6) is 1.12. The van der Waals surface area contributed by atoms with Crippen LogP contribution in [0.25, 0.3) is 0 Å². The molecule has 3 heteroatoms. The fourth-order valence-corrected chi connectivity index (χ4v) is 2.63. The lowest BCUT2D eigenvalue weighted by Crippen LogP contribution is -2.39. The lowest BCUT2D eigenvalue weighted by molar-refractivity contribution is 0.198. The van der Waals surface area contributed by atoms with Gasteiger partial charge < -0.3 is 10.8 Å². The van der Waals surface area contributed by atoms with Crippen molar-refractivity contribution < 1.29 is 5.11 Å². The summed E-state index contributed by atoms with van der Waals surface area (Å²) in [4.78, 5) is 1.34. The van der Waals surface area contributed by atoms with Crippen molar-refractivity contribution >= 4 is 11.8 Å². The van der Waals surface area contributed by atoms with Crippen LogP contribution in [0.3, 0.4) is 0 Å². The minimum absolute atomic E-state index is 0.0675. The van der Waals surface area contributed by atoms with Gasteiger partial charge in [-0.15, -0.1) is 11.8 Å². The second-order valence-corrected chi connectivity index (χ2v) is 6.10. The molecule has 0 aromatic heterocycles. The van der Waals surface area contributed by atoms with E-state index in [9.17, 15) is 0 Å². The molecule has 2 nitrogen and oxygen atoms in total. The molecule has 1 aromatic rings. The third kappa shape index (κ3) is 6.10. The number of benzene rings is 1. The summed E-state index contributed by atoms with van der Waals surface area (Å²) < 4.78 is 0. The van der Waals surface area contributed by atoms with Crippen molar-refractivity contribution in [3.63, 3.8) is 0 Å². The number of hydrogen-bond acceptors (Lipinski definition) is 3. The smallest absolute Gasteiger partial charge is 0.0608 e. The SMILES string of the molecule is Cc1cccc(SCCCCC(C)(N)CO)c1. The molecular formula is C14H23NOS. The van der Waals surface area contributed by atoms with Crippen molar-refractivity contribution in [2.45, 2.75) is 43.5 Å². The van der Waals surface area contributed by atoms with Gasteiger partial charge in [-0.1, -0.05) is 24.1 Å². The van der Waals surface area contributed by atoms with Crippen LogP contribution in [0.15, 0.2) is 29.2 Å². The van der Waals surface area contributed by atoms with Gasteiger partial charge in [0.25, 0.3) is 0 Å². The fourth-order valence-electron chi connectivity index (χ4n) is 1.61. The zero-order valence-electron chi connectivity index (χ0n) is 10.8. The third-order valence-corrected chi connectivity index (χ3v) is 3.84. The monoisotopic (exact) mass is 253 g/mol. The number of hydrogen-bond donors (Lipinski definition) is 2. The molecule has 0 aliphatic rings. The Morgan fingerprint density at radius 2 is 2.12 bits per heavy atom. The molecule has 0 saturated heterocycles. The first-order valence-corrected chi connectivity index (χ1v) is 7.11. The first-order chi connectivity index (χ1) is 8.03. The number of nitrogens with two attached hydrogens (primary N) is 1. The minimum Gasteiger partial charge on any atom is -0.394 e. The van der Waals surface area contributed by atoms with Crippen LogP contribution in [0.5, 0.6) is 0 Å². The van der Waals surface area contributed by atoms with E-state index in [1.54, 1.807) is 0 Å². The summed E-state index contributed by atoms with van der Waals surface area (Å²) in [5, 5.41) is 9.03. The van der Waals surface area contributed by atoms with Crippen LogP contribution < -0.4 is 5.73 Å². The second kappa shape index (κ2) is 7.04. The van der Waals surface area contributed by atoms with Gasteiger partial charge in [0.15, 0.2) is 0 Å². The minimum atomic E-state index is -0.409. The van der Waals surface area contributed by atoms with Gasteiger partial charge in [0, 0.05) is 10.4 Å². The Morgan fingerprint density at radius 3 is 2.76 bits per heavy atom. The van der Waals surface area contributed by atoms with Gasteiger partial charge in [-0.25, -0.2) is 0 Å². The molecule has 0 aliphatic carbocycles. The maximum atomic E-state index is 9.03. The van der Waals surface area contributed by atoms with Crippen molar-refractivity contribution in [3.05, 3.63) is 29.8 Å². The molecule has 0 aliphatic heterocycles. The highest BCUT2D eigenvalue weighted by molar-refractivity contribution is 7.99. The van der Waals surface area contributed by atoms with Crippen LogP contribution in [0, 0.1) is 6.92 Å². The Bertz CT molecular complexity index is 339. The number of rotatable bonds is 7. The van der Waals surface area contributed by atoms with Gasteiger partial charge >= 0.3 is 0 Å². The molecule has 96 valence electrons. The van der Waals surface area contributed by atoms with Gasteiger partial charge in [-0.05, 0) is 44.6 Å². The molecule has 3 N–H and O–H groups in total. The molecule has 0 heterocycles. The lowest BCUT2D eigenvalue weighted by Gasteiger charge is -2.21.